The molecule has 1 N–H and O–H groups in total. The van der Waals surface area contributed by atoms with E-state index in [0.717, 1.165) is 12.8 Å². The fourth-order valence-electron chi connectivity index (χ4n) is 2.48. The van der Waals surface area contributed by atoms with Crippen LogP contribution in [0.15, 0.2) is 18.2 Å². The predicted octanol–water partition coefficient (Wildman–Crippen LogP) is 3.62. The van der Waals surface area contributed by atoms with Crippen LogP contribution in [-0.4, -0.2) is 23.2 Å². The standard InChI is InChI=1S/C13H17ClN2O3/c1-8-5-10(6-9(2)19-8)15-13-7-11(16(17)18)3-4-12(13)14/h3-4,7-10,15H,5-6H2,1-2H3. The molecule has 1 saturated heterocycles. The second-order valence-electron chi connectivity index (χ2n) is 4.99. The maximum absolute atomic E-state index is 10.8. The number of ether oxygens (including phenoxy) is 1. The fourth-order valence-corrected chi connectivity index (χ4v) is 2.65. The van der Waals surface area contributed by atoms with Crippen LogP contribution in [-0.2, 0) is 4.74 Å². The maximum Gasteiger partial charge on any atom is 0.271 e. The van der Waals surface area contributed by atoms with Gasteiger partial charge in [-0.15, -0.1) is 0 Å². The van der Waals surface area contributed by atoms with Crippen LogP contribution in [0.5, 0.6) is 0 Å². The summed E-state index contributed by atoms with van der Waals surface area (Å²) in [5, 5.41) is 14.6. The van der Waals surface area contributed by atoms with Crippen molar-refractivity contribution in [2.75, 3.05) is 5.32 Å². The summed E-state index contributed by atoms with van der Waals surface area (Å²) in [6.07, 6.45) is 2.09. The van der Waals surface area contributed by atoms with Crippen LogP contribution < -0.4 is 5.32 Å². The molecule has 104 valence electrons. The largest absolute Gasteiger partial charge is 0.381 e. The van der Waals surface area contributed by atoms with Crippen LogP contribution in [0.4, 0.5) is 11.4 Å². The molecule has 1 aliphatic rings. The van der Waals surface area contributed by atoms with Gasteiger partial charge in [-0.3, -0.25) is 10.1 Å². The molecule has 0 radical (unpaired) electrons. The molecule has 2 unspecified atom stereocenters. The summed E-state index contributed by atoms with van der Waals surface area (Å²) < 4.78 is 5.67. The Labute approximate surface area is 117 Å². The first-order valence-corrected chi connectivity index (χ1v) is 6.69. The topological polar surface area (TPSA) is 64.4 Å². The Kier molecular flexibility index (Phi) is 4.27. The molecule has 0 aromatic heterocycles. The number of non-ortho nitro benzene ring substituents is 1. The molecule has 1 fully saturated rings. The number of nitro groups is 1. The summed E-state index contributed by atoms with van der Waals surface area (Å²) >= 11 is 6.08. The van der Waals surface area contributed by atoms with E-state index in [-0.39, 0.29) is 23.9 Å². The highest BCUT2D eigenvalue weighted by Gasteiger charge is 2.25. The van der Waals surface area contributed by atoms with E-state index < -0.39 is 4.92 Å². The van der Waals surface area contributed by atoms with Gasteiger partial charge in [0.1, 0.15) is 0 Å². The number of nitro benzene ring substituents is 1. The van der Waals surface area contributed by atoms with E-state index in [4.69, 9.17) is 16.3 Å². The lowest BCUT2D eigenvalue weighted by Crippen LogP contribution is -2.36. The van der Waals surface area contributed by atoms with E-state index >= 15 is 0 Å². The zero-order valence-corrected chi connectivity index (χ0v) is 11.7. The Bertz CT molecular complexity index is 471. The normalized spacial score (nSPS) is 27.0. The van der Waals surface area contributed by atoms with Gasteiger partial charge in [-0.05, 0) is 32.8 Å². The monoisotopic (exact) mass is 284 g/mol. The van der Waals surface area contributed by atoms with Crippen molar-refractivity contribution >= 4 is 23.0 Å². The number of hydrogen-bond donors (Lipinski definition) is 1. The van der Waals surface area contributed by atoms with Gasteiger partial charge in [-0.2, -0.15) is 0 Å². The average molecular weight is 285 g/mol. The molecule has 0 saturated carbocycles. The molecular formula is C13H17ClN2O3. The van der Waals surface area contributed by atoms with Crippen molar-refractivity contribution in [3.63, 3.8) is 0 Å². The first-order valence-electron chi connectivity index (χ1n) is 6.31. The maximum atomic E-state index is 10.8. The van der Waals surface area contributed by atoms with Crippen molar-refractivity contribution in [1.82, 2.24) is 0 Å². The molecule has 0 bridgehead atoms. The number of anilines is 1. The fraction of sp³-hybridized carbons (Fsp3) is 0.538. The molecule has 19 heavy (non-hydrogen) atoms. The highest BCUT2D eigenvalue weighted by Crippen LogP contribution is 2.30. The van der Waals surface area contributed by atoms with Gasteiger partial charge in [0, 0.05) is 18.2 Å². The smallest absolute Gasteiger partial charge is 0.271 e. The minimum atomic E-state index is -0.420. The highest BCUT2D eigenvalue weighted by molar-refractivity contribution is 6.33. The summed E-state index contributed by atoms with van der Waals surface area (Å²) in [7, 11) is 0. The number of halogens is 1. The molecule has 0 amide bonds. The third-order valence-corrected chi connectivity index (χ3v) is 3.55. The van der Waals surface area contributed by atoms with Crippen molar-refractivity contribution in [2.24, 2.45) is 0 Å². The van der Waals surface area contributed by atoms with E-state index in [1.807, 2.05) is 13.8 Å². The zero-order valence-electron chi connectivity index (χ0n) is 10.9. The molecule has 6 heteroatoms. The van der Waals surface area contributed by atoms with Gasteiger partial charge in [0.2, 0.25) is 0 Å². The number of hydrogen-bond acceptors (Lipinski definition) is 4. The van der Waals surface area contributed by atoms with E-state index in [1.54, 1.807) is 6.07 Å². The second-order valence-corrected chi connectivity index (χ2v) is 5.40. The first kappa shape index (κ1) is 14.1. The number of rotatable bonds is 3. The van der Waals surface area contributed by atoms with E-state index in [9.17, 15) is 10.1 Å². The average Bonchev–Trinajstić information content (AvgIpc) is 2.30. The summed E-state index contributed by atoms with van der Waals surface area (Å²) in [5.74, 6) is 0. The Morgan fingerprint density at radius 1 is 1.37 bits per heavy atom. The quantitative estimate of drug-likeness (QED) is 0.680. The Morgan fingerprint density at radius 2 is 2.00 bits per heavy atom. The second kappa shape index (κ2) is 5.75. The van der Waals surface area contributed by atoms with Crippen molar-refractivity contribution in [1.29, 1.82) is 0 Å². The summed E-state index contributed by atoms with van der Waals surface area (Å²) in [6, 6.07) is 4.66. The molecule has 1 aromatic carbocycles. The summed E-state index contributed by atoms with van der Waals surface area (Å²) in [5.41, 5.74) is 0.655. The molecule has 0 spiro atoms. The molecule has 0 aliphatic carbocycles. The number of nitrogens with one attached hydrogen (secondary N) is 1. The highest BCUT2D eigenvalue weighted by atomic mass is 35.5. The molecule has 1 aliphatic heterocycles. The van der Waals surface area contributed by atoms with Crippen molar-refractivity contribution in [3.05, 3.63) is 33.3 Å². The van der Waals surface area contributed by atoms with Crippen molar-refractivity contribution in [3.8, 4) is 0 Å². The minimum Gasteiger partial charge on any atom is -0.381 e. The predicted molar refractivity (Wildman–Crippen MR) is 74.8 cm³/mol. The zero-order chi connectivity index (χ0) is 14.0. The Hall–Kier alpha value is -1.33. The van der Waals surface area contributed by atoms with Gasteiger partial charge in [0.25, 0.3) is 5.69 Å². The first-order chi connectivity index (χ1) is 8.95. The van der Waals surface area contributed by atoms with Gasteiger partial charge in [0.05, 0.1) is 27.8 Å². The van der Waals surface area contributed by atoms with Gasteiger partial charge >= 0.3 is 0 Å². The lowest BCUT2D eigenvalue weighted by atomic mass is 9.99. The minimum absolute atomic E-state index is 0.0417. The number of nitrogens with zero attached hydrogens (tertiary/aromatic N) is 1. The van der Waals surface area contributed by atoms with E-state index in [1.165, 1.54) is 12.1 Å². The Morgan fingerprint density at radius 3 is 2.58 bits per heavy atom. The number of benzene rings is 1. The van der Waals surface area contributed by atoms with Gasteiger partial charge in [-0.1, -0.05) is 11.6 Å². The molecule has 2 atom stereocenters. The summed E-state index contributed by atoms with van der Waals surface area (Å²) in [4.78, 5) is 10.4. The van der Waals surface area contributed by atoms with Crippen LogP contribution in [0.3, 0.4) is 0 Å². The van der Waals surface area contributed by atoms with Gasteiger partial charge in [-0.25, -0.2) is 0 Å². The Balaban J connectivity index is 2.13. The van der Waals surface area contributed by atoms with Crippen LogP contribution >= 0.6 is 11.6 Å². The molecule has 2 rings (SSSR count). The molecule has 1 aromatic rings. The summed E-state index contributed by atoms with van der Waals surface area (Å²) in [6.45, 7) is 4.05. The lowest BCUT2D eigenvalue weighted by Gasteiger charge is -2.33. The van der Waals surface area contributed by atoms with Crippen molar-refractivity contribution in [2.45, 2.75) is 44.9 Å². The van der Waals surface area contributed by atoms with Gasteiger partial charge in [0.15, 0.2) is 0 Å². The van der Waals surface area contributed by atoms with E-state index in [0.29, 0.717) is 10.7 Å². The van der Waals surface area contributed by atoms with Crippen LogP contribution in [0, 0.1) is 10.1 Å². The molecule has 1 heterocycles. The van der Waals surface area contributed by atoms with E-state index in [2.05, 4.69) is 5.32 Å². The van der Waals surface area contributed by atoms with Crippen molar-refractivity contribution < 1.29 is 9.66 Å². The van der Waals surface area contributed by atoms with Crippen LogP contribution in [0.2, 0.25) is 5.02 Å². The lowest BCUT2D eigenvalue weighted by molar-refractivity contribution is -0.384. The van der Waals surface area contributed by atoms with Crippen LogP contribution in [0.25, 0.3) is 0 Å². The third-order valence-electron chi connectivity index (χ3n) is 3.22. The van der Waals surface area contributed by atoms with Crippen LogP contribution in [0.1, 0.15) is 26.7 Å². The SMILES string of the molecule is CC1CC(Nc2cc([N+](=O)[O-])ccc2Cl)CC(C)O1. The molecule has 5 nitrogen and oxygen atoms in total. The third kappa shape index (κ3) is 3.58. The molecular weight excluding hydrogens is 268 g/mol. The van der Waals surface area contributed by atoms with Gasteiger partial charge < -0.3 is 10.1 Å².